The van der Waals surface area contributed by atoms with Crippen LogP contribution in [0.4, 0.5) is 5.69 Å². The first kappa shape index (κ1) is 29.3. The van der Waals surface area contributed by atoms with Crippen LogP contribution in [0, 0.1) is 17.8 Å². The summed E-state index contributed by atoms with van der Waals surface area (Å²) in [6, 6.07) is 8.45. The minimum absolute atomic E-state index is 0.0583. The van der Waals surface area contributed by atoms with E-state index in [-0.39, 0.29) is 22.7 Å². The number of hydrogen-bond acceptors (Lipinski definition) is 9. The predicted molar refractivity (Wildman–Crippen MR) is 163 cm³/mol. The average Bonchev–Trinajstić information content (AvgIpc) is 3.51. The number of aromatic nitrogens is 4. The number of carbonyl (C=O) groups excluding carboxylic acids is 1. The molecule has 10 nitrogen and oxygen atoms in total. The van der Waals surface area contributed by atoms with Crippen molar-refractivity contribution in [1.82, 2.24) is 20.1 Å². The summed E-state index contributed by atoms with van der Waals surface area (Å²) in [6.07, 6.45) is 10.9. The molecule has 4 fully saturated rings. The van der Waals surface area contributed by atoms with Crippen molar-refractivity contribution in [3.63, 3.8) is 0 Å². The molecule has 7 rings (SSSR count). The molecule has 44 heavy (non-hydrogen) atoms. The minimum atomic E-state index is -0.770. The normalized spacial score (nSPS) is 30.6. The summed E-state index contributed by atoms with van der Waals surface area (Å²) in [5.41, 5.74) is 1.68. The summed E-state index contributed by atoms with van der Waals surface area (Å²) >= 11 is 0. The Morgan fingerprint density at radius 1 is 1.09 bits per heavy atom. The Kier molecular flexibility index (Phi) is 7.48. The lowest BCUT2D eigenvalue weighted by Crippen LogP contribution is -2.52. The fourth-order valence-corrected chi connectivity index (χ4v) is 7.98. The van der Waals surface area contributed by atoms with Crippen molar-refractivity contribution in [1.29, 1.82) is 0 Å². The third-order valence-corrected chi connectivity index (χ3v) is 10.6. The third kappa shape index (κ3) is 5.40. The van der Waals surface area contributed by atoms with Crippen LogP contribution in [0.15, 0.2) is 41.2 Å². The van der Waals surface area contributed by atoms with Crippen molar-refractivity contribution in [2.75, 3.05) is 31.3 Å². The maximum Gasteiger partial charge on any atom is 0.316 e. The number of nitrogens with zero attached hydrogens (tertiary/aromatic N) is 5. The van der Waals surface area contributed by atoms with E-state index in [0.29, 0.717) is 62.9 Å². The number of anilines is 1. The van der Waals surface area contributed by atoms with Crippen LogP contribution in [0.2, 0.25) is 0 Å². The first-order chi connectivity index (χ1) is 21.2. The fraction of sp³-hybridized carbons (Fsp3) is 0.618. The highest BCUT2D eigenvalue weighted by atomic mass is 16.5. The lowest BCUT2D eigenvalue weighted by atomic mass is 9.58. The third-order valence-electron chi connectivity index (χ3n) is 10.6. The molecule has 3 atom stereocenters. The highest BCUT2D eigenvalue weighted by molar-refractivity contribution is 5.96. The molecule has 1 aromatic carbocycles. The topological polar surface area (TPSA) is 124 Å². The smallest absolute Gasteiger partial charge is 0.316 e. The van der Waals surface area contributed by atoms with Crippen molar-refractivity contribution in [3.8, 4) is 17.1 Å². The quantitative estimate of drug-likeness (QED) is 0.350. The Balaban J connectivity index is 1.13. The highest BCUT2D eigenvalue weighted by Crippen LogP contribution is 2.53. The standard InChI is InChI=1S/C34H43N5O5/c1-4-43-31-35-17-26(18-36-31)22-7-5-9-27(13-22)39(28(40)25-14-33(3,41)15-25)19-24-10-12-34(11-6-8-23(24)16-34)29-37-30(44-38-29)32(2)20-42-21-32/h5,7,9,13,17-18,23-25,41H,4,6,8,10-12,14-16,19-21H2,1-3H3. The van der Waals surface area contributed by atoms with Gasteiger partial charge in [0.1, 0.15) is 0 Å². The van der Waals surface area contributed by atoms with Gasteiger partial charge in [0.25, 0.3) is 0 Å². The second kappa shape index (κ2) is 11.2. The van der Waals surface area contributed by atoms with Gasteiger partial charge in [-0.05, 0) is 88.8 Å². The van der Waals surface area contributed by atoms with Gasteiger partial charge in [0.05, 0.1) is 30.8 Å². The first-order valence-electron chi connectivity index (χ1n) is 16.2. The lowest BCUT2D eigenvalue weighted by Gasteiger charge is -2.49. The van der Waals surface area contributed by atoms with E-state index in [1.165, 1.54) is 0 Å². The Bertz CT molecular complexity index is 1490. The predicted octanol–water partition coefficient (Wildman–Crippen LogP) is 5.25. The minimum Gasteiger partial charge on any atom is -0.464 e. The summed E-state index contributed by atoms with van der Waals surface area (Å²) in [6.45, 7) is 8.26. The molecule has 1 saturated heterocycles. The van der Waals surface area contributed by atoms with E-state index in [0.717, 1.165) is 61.2 Å². The summed E-state index contributed by atoms with van der Waals surface area (Å²) in [5.74, 6) is 2.33. The molecule has 1 aliphatic heterocycles. The number of rotatable bonds is 9. The van der Waals surface area contributed by atoms with Crippen molar-refractivity contribution >= 4 is 11.6 Å². The van der Waals surface area contributed by atoms with Gasteiger partial charge in [-0.15, -0.1) is 0 Å². The molecule has 3 heterocycles. The molecule has 0 radical (unpaired) electrons. The summed E-state index contributed by atoms with van der Waals surface area (Å²) in [5, 5.41) is 15.0. The van der Waals surface area contributed by atoms with Gasteiger partial charge in [0.2, 0.25) is 11.8 Å². The summed E-state index contributed by atoms with van der Waals surface area (Å²) in [7, 11) is 0. The number of benzene rings is 1. The van der Waals surface area contributed by atoms with Crippen LogP contribution in [0.3, 0.4) is 0 Å². The molecule has 2 aromatic heterocycles. The summed E-state index contributed by atoms with van der Waals surface area (Å²) < 4.78 is 16.6. The molecule has 2 bridgehead atoms. The van der Waals surface area contributed by atoms with Crippen molar-refractivity contribution < 1.29 is 23.9 Å². The van der Waals surface area contributed by atoms with E-state index >= 15 is 0 Å². The molecule has 10 heteroatoms. The van der Waals surface area contributed by atoms with E-state index in [1.807, 2.05) is 36.9 Å². The van der Waals surface area contributed by atoms with E-state index in [9.17, 15) is 9.90 Å². The number of ether oxygens (including phenoxy) is 2. The monoisotopic (exact) mass is 601 g/mol. The lowest BCUT2D eigenvalue weighted by molar-refractivity contribution is -0.136. The Morgan fingerprint density at radius 2 is 1.89 bits per heavy atom. The molecule has 1 amide bonds. The van der Waals surface area contributed by atoms with Crippen LogP contribution in [-0.4, -0.2) is 63.1 Å². The molecule has 0 spiro atoms. The SMILES string of the molecule is CCOc1ncc(-c2cccc(N(CC3CCC4(c5noc(C6(C)COC6)n5)CCCC3C4)C(=O)C3CC(C)(O)C3)c2)cn1. The number of hydrogen-bond donors (Lipinski definition) is 1. The van der Waals surface area contributed by atoms with Gasteiger partial charge >= 0.3 is 6.01 Å². The van der Waals surface area contributed by atoms with E-state index in [1.54, 1.807) is 12.4 Å². The number of fused-ring (bicyclic) bond motifs is 2. The largest absolute Gasteiger partial charge is 0.464 e. The zero-order valence-corrected chi connectivity index (χ0v) is 26.0. The Labute approximate surface area is 258 Å². The molecule has 1 N–H and O–H groups in total. The maximum absolute atomic E-state index is 14.1. The van der Waals surface area contributed by atoms with Crippen molar-refractivity contribution in [3.05, 3.63) is 48.4 Å². The zero-order valence-electron chi connectivity index (χ0n) is 26.0. The zero-order chi connectivity index (χ0) is 30.5. The maximum atomic E-state index is 14.1. The molecular weight excluding hydrogens is 558 g/mol. The molecule has 234 valence electrons. The van der Waals surface area contributed by atoms with Crippen molar-refractivity contribution in [2.45, 2.75) is 88.6 Å². The van der Waals surface area contributed by atoms with Crippen LogP contribution in [0.25, 0.3) is 11.1 Å². The van der Waals surface area contributed by atoms with Gasteiger partial charge in [0.15, 0.2) is 5.82 Å². The average molecular weight is 602 g/mol. The highest BCUT2D eigenvalue weighted by Gasteiger charge is 2.50. The Morgan fingerprint density at radius 3 is 2.59 bits per heavy atom. The van der Waals surface area contributed by atoms with E-state index in [2.05, 4.69) is 28.1 Å². The van der Waals surface area contributed by atoms with Gasteiger partial charge in [-0.1, -0.05) is 30.1 Å². The van der Waals surface area contributed by atoms with Crippen LogP contribution in [0.1, 0.15) is 83.9 Å². The van der Waals surface area contributed by atoms with Crippen LogP contribution < -0.4 is 9.64 Å². The summed E-state index contributed by atoms with van der Waals surface area (Å²) in [4.78, 5) is 29.7. The van der Waals surface area contributed by atoms with Gasteiger partial charge in [-0.25, -0.2) is 9.97 Å². The van der Waals surface area contributed by atoms with E-state index in [4.69, 9.17) is 19.0 Å². The number of amides is 1. The van der Waals surface area contributed by atoms with Crippen LogP contribution in [0.5, 0.6) is 6.01 Å². The first-order valence-corrected chi connectivity index (χ1v) is 16.2. The van der Waals surface area contributed by atoms with E-state index < -0.39 is 5.60 Å². The van der Waals surface area contributed by atoms with Crippen LogP contribution in [-0.2, 0) is 20.4 Å². The molecule has 3 saturated carbocycles. The molecular formula is C34H43N5O5. The Hall–Kier alpha value is -3.37. The van der Waals surface area contributed by atoms with Gasteiger partial charge in [-0.2, -0.15) is 4.98 Å². The van der Waals surface area contributed by atoms with Gasteiger partial charge in [-0.3, -0.25) is 4.79 Å². The van der Waals surface area contributed by atoms with Gasteiger partial charge in [0, 0.05) is 41.5 Å². The number of aliphatic hydroxyl groups is 1. The van der Waals surface area contributed by atoms with Crippen molar-refractivity contribution in [2.24, 2.45) is 17.8 Å². The second-order valence-corrected chi connectivity index (χ2v) is 14.2. The van der Waals surface area contributed by atoms with Gasteiger partial charge < -0.3 is 24.0 Å². The van der Waals surface area contributed by atoms with Crippen LogP contribution >= 0.6 is 0 Å². The molecule has 3 aromatic rings. The molecule has 3 aliphatic carbocycles. The fourth-order valence-electron chi connectivity index (χ4n) is 7.98. The second-order valence-electron chi connectivity index (χ2n) is 14.2. The molecule has 3 unspecified atom stereocenters. The molecule has 4 aliphatic rings. The number of carbonyl (C=O) groups is 1.